The minimum Gasteiger partial charge on any atom is -0.344 e. The van der Waals surface area contributed by atoms with Crippen LogP contribution in [0.2, 0.25) is 0 Å². The molecule has 1 N–H and O–H groups in total. The maximum absolute atomic E-state index is 13.4. The minimum atomic E-state index is -3.30. The molecule has 1 unspecified atom stereocenters. The van der Waals surface area contributed by atoms with Crippen molar-refractivity contribution in [2.24, 2.45) is 5.92 Å². The monoisotopic (exact) mass is 448 g/mol. The molecule has 4 atom stereocenters. The summed E-state index contributed by atoms with van der Waals surface area (Å²) < 4.78 is 25.7. The van der Waals surface area contributed by atoms with E-state index in [0.29, 0.717) is 19.3 Å². The van der Waals surface area contributed by atoms with Crippen LogP contribution in [-0.2, 0) is 25.8 Å². The van der Waals surface area contributed by atoms with Gasteiger partial charge in [0.15, 0.2) is 9.84 Å². The van der Waals surface area contributed by atoms with Crippen LogP contribution >= 0.6 is 0 Å². The average Bonchev–Trinajstić information content (AvgIpc) is 3.13. The van der Waals surface area contributed by atoms with Crippen molar-refractivity contribution in [3.63, 3.8) is 0 Å². The van der Waals surface area contributed by atoms with Gasteiger partial charge in [0, 0.05) is 18.0 Å². The summed E-state index contributed by atoms with van der Waals surface area (Å²) in [5, 5.41) is 2.95. The van der Waals surface area contributed by atoms with Gasteiger partial charge >= 0.3 is 0 Å². The highest BCUT2D eigenvalue weighted by atomic mass is 32.2. The van der Waals surface area contributed by atoms with E-state index in [1.165, 1.54) is 0 Å². The van der Waals surface area contributed by atoms with E-state index in [2.05, 4.69) is 5.32 Å². The number of fused-ring (bicyclic) bond motifs is 1. The number of hydrogen-bond acceptors (Lipinski definition) is 4. The summed E-state index contributed by atoms with van der Waals surface area (Å²) in [4.78, 5) is 27.7. The van der Waals surface area contributed by atoms with Crippen LogP contribution in [0.15, 0.2) is 30.3 Å². The molecule has 2 aliphatic heterocycles. The highest BCUT2D eigenvalue weighted by Gasteiger charge is 2.42. The Morgan fingerprint density at radius 1 is 1.13 bits per heavy atom. The second-order valence-corrected chi connectivity index (χ2v) is 11.4. The highest BCUT2D eigenvalue weighted by Crippen LogP contribution is 2.32. The molecule has 31 heavy (non-hydrogen) atoms. The lowest BCUT2D eigenvalue weighted by Gasteiger charge is -2.36. The molecule has 0 saturated carbocycles. The number of sulfone groups is 1. The van der Waals surface area contributed by atoms with Crippen LogP contribution in [0.5, 0.6) is 0 Å². The third kappa shape index (κ3) is 6.31. The highest BCUT2D eigenvalue weighted by molar-refractivity contribution is 7.91. The van der Waals surface area contributed by atoms with E-state index in [4.69, 9.17) is 0 Å². The first-order valence-electron chi connectivity index (χ1n) is 11.7. The summed E-state index contributed by atoms with van der Waals surface area (Å²) >= 11 is 0. The van der Waals surface area contributed by atoms with Crippen LogP contribution in [0.3, 0.4) is 0 Å². The van der Waals surface area contributed by atoms with Gasteiger partial charge < -0.3 is 10.2 Å². The molecule has 172 valence electrons. The lowest BCUT2D eigenvalue weighted by Crippen LogP contribution is -2.55. The summed E-state index contributed by atoms with van der Waals surface area (Å²) in [5.41, 5.74) is 1.01. The Hall–Kier alpha value is -1.89. The quantitative estimate of drug-likeness (QED) is 0.662. The maximum atomic E-state index is 13.4. The van der Waals surface area contributed by atoms with Gasteiger partial charge in [0.25, 0.3) is 0 Å². The topological polar surface area (TPSA) is 83.6 Å². The average molecular weight is 449 g/mol. The molecule has 1 aromatic rings. The van der Waals surface area contributed by atoms with E-state index in [1.54, 1.807) is 0 Å². The van der Waals surface area contributed by atoms with E-state index < -0.39 is 15.9 Å². The fraction of sp³-hybridized carbons (Fsp3) is 0.667. The number of hydrogen-bond donors (Lipinski definition) is 1. The Morgan fingerprint density at radius 3 is 2.55 bits per heavy atom. The second kappa shape index (κ2) is 10.6. The van der Waals surface area contributed by atoms with Gasteiger partial charge in [0.1, 0.15) is 6.04 Å². The van der Waals surface area contributed by atoms with E-state index in [0.717, 1.165) is 37.7 Å². The van der Waals surface area contributed by atoms with E-state index >= 15 is 0 Å². The standard InChI is InChI=1S/C24H36N2O4S/c1-3-18(2)23(27)25-22-12-8-7-11-20-13-14-21(26(20)24(22)28)17-31(29,30)16-15-19-9-5-4-6-10-19/h4-6,9-10,18,20-22H,3,7-8,11-17H2,1-2H3,(H,25,27)/t18?,20-,21-,22-/m0/s1. The van der Waals surface area contributed by atoms with E-state index in [9.17, 15) is 18.0 Å². The predicted octanol–water partition coefficient (Wildman–Crippen LogP) is 3.11. The van der Waals surface area contributed by atoms with Crippen molar-refractivity contribution in [1.82, 2.24) is 10.2 Å². The minimum absolute atomic E-state index is 0.00804. The van der Waals surface area contributed by atoms with Crippen molar-refractivity contribution in [2.75, 3.05) is 11.5 Å². The molecule has 6 nitrogen and oxygen atoms in total. The molecular formula is C24H36N2O4S. The number of nitrogens with zero attached hydrogens (tertiary/aromatic N) is 1. The Balaban J connectivity index is 1.68. The van der Waals surface area contributed by atoms with Crippen molar-refractivity contribution in [2.45, 2.75) is 83.3 Å². The third-order valence-corrected chi connectivity index (χ3v) is 8.54. The second-order valence-electron chi connectivity index (χ2n) is 9.14. The maximum Gasteiger partial charge on any atom is 0.245 e. The number of rotatable bonds is 8. The molecule has 2 fully saturated rings. The molecule has 0 bridgehead atoms. The molecule has 0 aliphatic carbocycles. The summed E-state index contributed by atoms with van der Waals surface area (Å²) in [6, 6.07) is 8.87. The number of nitrogens with one attached hydrogen (secondary N) is 1. The number of amides is 2. The van der Waals surface area contributed by atoms with Gasteiger partial charge in [-0.25, -0.2) is 8.42 Å². The van der Waals surface area contributed by atoms with Gasteiger partial charge in [0.05, 0.1) is 11.5 Å². The summed E-state index contributed by atoms with van der Waals surface area (Å²) in [6.07, 6.45) is 6.21. The summed E-state index contributed by atoms with van der Waals surface area (Å²) in [6.45, 7) is 3.82. The lowest BCUT2D eigenvalue weighted by molar-refractivity contribution is -0.140. The predicted molar refractivity (Wildman–Crippen MR) is 122 cm³/mol. The van der Waals surface area contributed by atoms with Crippen LogP contribution in [0, 0.1) is 5.92 Å². The zero-order valence-electron chi connectivity index (χ0n) is 18.8. The molecule has 2 saturated heterocycles. The first-order chi connectivity index (χ1) is 14.8. The molecule has 0 spiro atoms. The van der Waals surface area contributed by atoms with Crippen LogP contribution < -0.4 is 5.32 Å². The fourth-order valence-electron chi connectivity index (χ4n) is 4.73. The van der Waals surface area contributed by atoms with E-state index in [-0.39, 0.29) is 41.3 Å². The fourth-order valence-corrected chi connectivity index (χ4v) is 6.35. The Labute approximate surface area is 186 Å². The van der Waals surface area contributed by atoms with Crippen LogP contribution in [0.25, 0.3) is 0 Å². The van der Waals surface area contributed by atoms with Crippen molar-refractivity contribution in [1.29, 1.82) is 0 Å². The van der Waals surface area contributed by atoms with Gasteiger partial charge in [-0.3, -0.25) is 9.59 Å². The normalized spacial score (nSPS) is 25.4. The largest absolute Gasteiger partial charge is 0.344 e. The molecule has 7 heteroatoms. The smallest absolute Gasteiger partial charge is 0.245 e. The molecule has 0 radical (unpaired) electrons. The van der Waals surface area contributed by atoms with Crippen molar-refractivity contribution in [3.8, 4) is 0 Å². The molecule has 2 heterocycles. The van der Waals surface area contributed by atoms with Gasteiger partial charge in [-0.2, -0.15) is 0 Å². The van der Waals surface area contributed by atoms with Gasteiger partial charge in [-0.05, 0) is 44.1 Å². The Bertz CT molecular complexity index is 856. The molecule has 3 rings (SSSR count). The van der Waals surface area contributed by atoms with Gasteiger partial charge in [-0.1, -0.05) is 57.0 Å². The van der Waals surface area contributed by atoms with Crippen LogP contribution in [0.1, 0.15) is 64.4 Å². The summed E-state index contributed by atoms with van der Waals surface area (Å²) in [5.74, 6) is -0.226. The van der Waals surface area contributed by atoms with Crippen molar-refractivity contribution < 1.29 is 18.0 Å². The SMILES string of the molecule is CCC(C)C(=O)N[C@H]1CCCC[C@H]2CC[C@@H](CS(=O)(=O)CCc3ccccc3)N2C1=O. The molecule has 2 aliphatic rings. The number of benzene rings is 1. The Morgan fingerprint density at radius 2 is 1.84 bits per heavy atom. The number of carbonyl (C=O) groups is 2. The van der Waals surface area contributed by atoms with Crippen LogP contribution in [0.4, 0.5) is 0 Å². The van der Waals surface area contributed by atoms with Gasteiger partial charge in [-0.15, -0.1) is 0 Å². The zero-order valence-corrected chi connectivity index (χ0v) is 19.6. The Kier molecular flexibility index (Phi) is 8.14. The number of aryl methyl sites for hydroxylation is 1. The first kappa shape index (κ1) is 23.8. The van der Waals surface area contributed by atoms with Crippen molar-refractivity contribution in [3.05, 3.63) is 35.9 Å². The zero-order chi connectivity index (χ0) is 22.4. The van der Waals surface area contributed by atoms with Crippen LogP contribution in [-0.4, -0.2) is 54.8 Å². The lowest BCUT2D eigenvalue weighted by atomic mass is 9.98. The number of carbonyl (C=O) groups excluding carboxylic acids is 2. The van der Waals surface area contributed by atoms with Gasteiger partial charge in [0.2, 0.25) is 11.8 Å². The molecule has 0 aromatic heterocycles. The first-order valence-corrected chi connectivity index (χ1v) is 13.5. The molecule has 1 aromatic carbocycles. The van der Waals surface area contributed by atoms with E-state index in [1.807, 2.05) is 49.1 Å². The molecular weight excluding hydrogens is 412 g/mol. The molecule has 2 amide bonds. The van der Waals surface area contributed by atoms with Crippen molar-refractivity contribution >= 4 is 21.7 Å². The third-order valence-electron chi connectivity index (χ3n) is 6.82. The summed E-state index contributed by atoms with van der Waals surface area (Å²) in [7, 11) is -3.30.